The lowest BCUT2D eigenvalue weighted by molar-refractivity contribution is 0.0466. The van der Waals surface area contributed by atoms with Crippen LogP contribution in [-0.4, -0.2) is 18.2 Å². The number of nitrogens with one attached hydrogen (secondary N) is 1. The molecular formula is C14H30N2O. The molecule has 102 valence electrons. The van der Waals surface area contributed by atoms with Crippen molar-refractivity contribution >= 4 is 0 Å². The Morgan fingerprint density at radius 2 is 1.76 bits per heavy atom. The molecule has 1 saturated heterocycles. The first-order valence-corrected chi connectivity index (χ1v) is 6.88. The van der Waals surface area contributed by atoms with Gasteiger partial charge >= 0.3 is 0 Å². The fourth-order valence-electron chi connectivity index (χ4n) is 2.96. The molecular weight excluding hydrogens is 212 g/mol. The van der Waals surface area contributed by atoms with E-state index in [9.17, 15) is 0 Å². The summed E-state index contributed by atoms with van der Waals surface area (Å²) in [6.07, 6.45) is 2.96. The molecule has 0 aromatic heterocycles. The van der Waals surface area contributed by atoms with Crippen LogP contribution in [0, 0.1) is 17.3 Å². The number of ether oxygens (including phenoxy) is 1. The quantitative estimate of drug-likeness (QED) is 0.588. The number of hydrogen-bond donors (Lipinski definition) is 2. The summed E-state index contributed by atoms with van der Waals surface area (Å²) in [6.45, 7) is 13.5. The van der Waals surface area contributed by atoms with Crippen LogP contribution >= 0.6 is 0 Å². The Labute approximate surface area is 106 Å². The second-order valence-corrected chi connectivity index (χ2v) is 6.86. The number of hydrazine groups is 1. The van der Waals surface area contributed by atoms with E-state index in [1.807, 2.05) is 0 Å². The Bertz CT molecular complexity index is 237. The Balaban J connectivity index is 2.61. The smallest absolute Gasteiger partial charge is 0.0597 e. The highest BCUT2D eigenvalue weighted by molar-refractivity contribution is 4.91. The zero-order valence-electron chi connectivity index (χ0n) is 12.3. The second-order valence-electron chi connectivity index (χ2n) is 6.86. The van der Waals surface area contributed by atoms with Crippen LogP contribution in [0.4, 0.5) is 0 Å². The van der Waals surface area contributed by atoms with Crippen molar-refractivity contribution in [2.45, 2.75) is 72.6 Å². The number of rotatable bonds is 4. The molecule has 0 saturated carbocycles. The molecule has 0 amide bonds. The van der Waals surface area contributed by atoms with E-state index < -0.39 is 0 Å². The Kier molecular flexibility index (Phi) is 4.99. The van der Waals surface area contributed by atoms with Gasteiger partial charge in [-0.2, -0.15) is 0 Å². The van der Waals surface area contributed by atoms with Gasteiger partial charge in [-0.25, -0.2) is 0 Å². The maximum Gasteiger partial charge on any atom is 0.0597 e. The second kappa shape index (κ2) is 5.68. The Hall–Kier alpha value is -0.120. The topological polar surface area (TPSA) is 47.3 Å². The van der Waals surface area contributed by atoms with Crippen molar-refractivity contribution in [1.29, 1.82) is 0 Å². The molecule has 0 aliphatic carbocycles. The van der Waals surface area contributed by atoms with Crippen LogP contribution < -0.4 is 11.3 Å². The molecule has 1 aliphatic rings. The lowest BCUT2D eigenvalue weighted by Crippen LogP contribution is -2.45. The molecule has 1 aliphatic heterocycles. The van der Waals surface area contributed by atoms with E-state index in [1.54, 1.807) is 0 Å². The van der Waals surface area contributed by atoms with Gasteiger partial charge in [-0.3, -0.25) is 11.3 Å². The molecule has 1 rings (SSSR count). The van der Waals surface area contributed by atoms with E-state index in [4.69, 9.17) is 10.6 Å². The molecule has 0 radical (unpaired) electrons. The van der Waals surface area contributed by atoms with Gasteiger partial charge in [-0.15, -0.1) is 0 Å². The highest BCUT2D eigenvalue weighted by Crippen LogP contribution is 2.36. The maximum atomic E-state index is 5.91. The molecule has 0 bridgehead atoms. The molecule has 1 heterocycles. The summed E-state index contributed by atoms with van der Waals surface area (Å²) in [7, 11) is 0. The number of nitrogens with two attached hydrogens (primary N) is 1. The highest BCUT2D eigenvalue weighted by atomic mass is 16.5. The van der Waals surface area contributed by atoms with Crippen LogP contribution in [0.2, 0.25) is 0 Å². The van der Waals surface area contributed by atoms with E-state index in [0.717, 1.165) is 6.42 Å². The van der Waals surface area contributed by atoms with Crippen molar-refractivity contribution < 1.29 is 4.74 Å². The van der Waals surface area contributed by atoms with Crippen molar-refractivity contribution in [3.05, 3.63) is 0 Å². The standard InChI is InChI=1S/C14H30N2O/c1-9-10(2)17-11(3)13(9)12(16-15)7-8-14(4,5)6/h9-13,16H,7-8,15H2,1-6H3. The average Bonchev–Trinajstić information content (AvgIpc) is 2.43. The Morgan fingerprint density at radius 1 is 1.18 bits per heavy atom. The molecule has 0 aromatic carbocycles. The van der Waals surface area contributed by atoms with Gasteiger partial charge in [0.25, 0.3) is 0 Å². The zero-order chi connectivity index (χ0) is 13.2. The summed E-state index contributed by atoms with van der Waals surface area (Å²) in [5.74, 6) is 6.85. The molecule has 0 aromatic rings. The first kappa shape index (κ1) is 14.9. The fraction of sp³-hybridized carbons (Fsp3) is 1.00. The monoisotopic (exact) mass is 242 g/mol. The molecule has 1 fully saturated rings. The van der Waals surface area contributed by atoms with E-state index in [0.29, 0.717) is 35.5 Å². The predicted octanol–water partition coefficient (Wildman–Crippen LogP) is 2.70. The van der Waals surface area contributed by atoms with Gasteiger partial charge in [0.2, 0.25) is 0 Å². The largest absolute Gasteiger partial charge is 0.375 e. The summed E-state index contributed by atoms with van der Waals surface area (Å²) in [5.41, 5.74) is 3.39. The summed E-state index contributed by atoms with van der Waals surface area (Å²) < 4.78 is 5.91. The van der Waals surface area contributed by atoms with Crippen LogP contribution in [0.25, 0.3) is 0 Å². The number of hydrogen-bond acceptors (Lipinski definition) is 3. The molecule has 0 spiro atoms. The van der Waals surface area contributed by atoms with Crippen molar-refractivity contribution in [1.82, 2.24) is 5.43 Å². The summed E-state index contributed by atoms with van der Waals surface area (Å²) in [4.78, 5) is 0. The first-order chi connectivity index (χ1) is 7.76. The van der Waals surface area contributed by atoms with Crippen LogP contribution in [-0.2, 0) is 4.74 Å². The van der Waals surface area contributed by atoms with E-state index in [-0.39, 0.29) is 0 Å². The van der Waals surface area contributed by atoms with E-state index in [1.165, 1.54) is 6.42 Å². The summed E-state index contributed by atoms with van der Waals surface area (Å²) in [5, 5.41) is 0. The third-order valence-electron chi connectivity index (χ3n) is 4.20. The van der Waals surface area contributed by atoms with Gasteiger partial charge in [0.1, 0.15) is 0 Å². The van der Waals surface area contributed by atoms with Gasteiger partial charge in [0.15, 0.2) is 0 Å². The lowest BCUT2D eigenvalue weighted by atomic mass is 9.79. The minimum absolute atomic E-state index is 0.306. The van der Waals surface area contributed by atoms with Crippen LogP contribution in [0.3, 0.4) is 0 Å². The molecule has 3 nitrogen and oxygen atoms in total. The van der Waals surface area contributed by atoms with Gasteiger partial charge in [-0.1, -0.05) is 27.7 Å². The SMILES string of the molecule is CC1OC(C)C(C(CCC(C)(C)C)NN)C1C. The third-order valence-corrected chi connectivity index (χ3v) is 4.20. The molecule has 17 heavy (non-hydrogen) atoms. The van der Waals surface area contributed by atoms with Gasteiger partial charge in [-0.05, 0) is 38.0 Å². The van der Waals surface area contributed by atoms with Gasteiger partial charge < -0.3 is 4.74 Å². The Morgan fingerprint density at radius 3 is 2.12 bits per heavy atom. The van der Waals surface area contributed by atoms with Gasteiger partial charge in [0, 0.05) is 12.0 Å². The van der Waals surface area contributed by atoms with Crippen LogP contribution in [0.1, 0.15) is 54.4 Å². The average molecular weight is 242 g/mol. The van der Waals surface area contributed by atoms with Crippen molar-refractivity contribution in [2.24, 2.45) is 23.1 Å². The minimum atomic E-state index is 0.306. The lowest BCUT2D eigenvalue weighted by Gasteiger charge is -2.30. The normalized spacial score (nSPS) is 36.2. The molecule has 3 heteroatoms. The zero-order valence-corrected chi connectivity index (χ0v) is 12.3. The molecule has 5 unspecified atom stereocenters. The molecule has 5 atom stereocenters. The fourth-order valence-corrected chi connectivity index (χ4v) is 2.96. The van der Waals surface area contributed by atoms with Crippen LogP contribution in [0.15, 0.2) is 0 Å². The highest BCUT2D eigenvalue weighted by Gasteiger charge is 2.41. The van der Waals surface area contributed by atoms with Crippen LogP contribution in [0.5, 0.6) is 0 Å². The third kappa shape index (κ3) is 3.94. The first-order valence-electron chi connectivity index (χ1n) is 6.88. The van der Waals surface area contributed by atoms with E-state index in [2.05, 4.69) is 47.0 Å². The van der Waals surface area contributed by atoms with E-state index >= 15 is 0 Å². The molecule has 3 N–H and O–H groups in total. The minimum Gasteiger partial charge on any atom is -0.375 e. The van der Waals surface area contributed by atoms with Crippen molar-refractivity contribution in [3.63, 3.8) is 0 Å². The maximum absolute atomic E-state index is 5.91. The van der Waals surface area contributed by atoms with Crippen molar-refractivity contribution in [2.75, 3.05) is 0 Å². The predicted molar refractivity (Wildman–Crippen MR) is 72.5 cm³/mol. The summed E-state index contributed by atoms with van der Waals surface area (Å²) in [6, 6.07) is 0.365. The van der Waals surface area contributed by atoms with Crippen molar-refractivity contribution in [3.8, 4) is 0 Å². The van der Waals surface area contributed by atoms with Gasteiger partial charge in [0.05, 0.1) is 12.2 Å². The summed E-state index contributed by atoms with van der Waals surface area (Å²) >= 11 is 0.